The van der Waals surface area contributed by atoms with Gasteiger partial charge in [-0.1, -0.05) is 23.2 Å². The van der Waals surface area contributed by atoms with Crippen LogP contribution in [-0.2, 0) is 9.36 Å². The molecule has 2 N–H and O–H groups in total. The highest BCUT2D eigenvalue weighted by atomic mass is 35.5. The summed E-state index contributed by atoms with van der Waals surface area (Å²) in [6.07, 6.45) is 0. The molecule has 8 heteroatoms. The van der Waals surface area contributed by atoms with Crippen LogP contribution in [0.1, 0.15) is 0 Å². The largest absolute Gasteiger partial charge is 0.370 e. The molecule has 0 amide bonds. The predicted octanol–water partition coefficient (Wildman–Crippen LogP) is 1.06. The maximum absolute atomic E-state index is 10.2. The van der Waals surface area contributed by atoms with Gasteiger partial charge in [-0.3, -0.25) is 9.36 Å². The van der Waals surface area contributed by atoms with Gasteiger partial charge < -0.3 is 9.79 Å². The summed E-state index contributed by atoms with van der Waals surface area (Å²) in [5, 5.41) is -1.50. The van der Waals surface area contributed by atoms with Gasteiger partial charge in [-0.25, -0.2) is 0 Å². The average molecular weight is 227 g/mol. The zero-order valence-corrected chi connectivity index (χ0v) is 7.45. The number of alkyl halides is 2. The van der Waals surface area contributed by atoms with E-state index < -0.39 is 16.9 Å². The molecule has 0 aliphatic rings. The Morgan fingerprint density at radius 1 is 1.40 bits per heavy atom. The molecule has 0 aromatic heterocycles. The summed E-state index contributed by atoms with van der Waals surface area (Å²) in [7, 11) is -4.88. The van der Waals surface area contributed by atoms with Crippen molar-refractivity contribution in [1.82, 2.24) is 0 Å². The molecule has 0 aliphatic heterocycles. The van der Waals surface area contributed by atoms with Crippen LogP contribution >= 0.6 is 42.4 Å². The lowest BCUT2D eigenvalue weighted by Crippen LogP contribution is -2.20. The Bertz CT molecular complexity index is 195. The molecule has 60 valence electrons. The maximum Gasteiger partial charge on any atom is 0.370 e. The van der Waals surface area contributed by atoms with E-state index in [1.807, 2.05) is 0 Å². The Labute approximate surface area is 71.2 Å². The van der Waals surface area contributed by atoms with Crippen LogP contribution in [0.2, 0.25) is 0 Å². The molecule has 0 aliphatic carbocycles. The molecule has 10 heavy (non-hydrogen) atoms. The topological polar surface area (TPSA) is 74.6 Å². The van der Waals surface area contributed by atoms with Crippen LogP contribution in [0.5, 0.6) is 0 Å². The van der Waals surface area contributed by atoms with Gasteiger partial charge in [-0.2, -0.15) is 0 Å². The monoisotopic (exact) mass is 226 g/mol. The zero-order valence-electron chi connectivity index (χ0n) is 4.29. The quantitative estimate of drug-likeness (QED) is 0.420. The molecule has 0 saturated carbocycles. The number of hydrogen-bond donors (Lipinski definition) is 2. The van der Waals surface area contributed by atoms with Gasteiger partial charge >= 0.3 is 7.60 Å². The molecule has 0 spiro atoms. The van der Waals surface area contributed by atoms with Crippen molar-refractivity contribution < 1.29 is 19.1 Å². The second kappa shape index (κ2) is 2.97. The number of rotatable bonds is 2. The van der Waals surface area contributed by atoms with E-state index in [9.17, 15) is 9.36 Å². The van der Waals surface area contributed by atoms with E-state index in [0.717, 1.165) is 0 Å². The number of hydrogen-bond acceptors (Lipinski definition) is 2. The van der Waals surface area contributed by atoms with Crippen LogP contribution in [0.25, 0.3) is 0 Å². The molecule has 0 unspecified atom stereocenters. The highest BCUT2D eigenvalue weighted by molar-refractivity contribution is 7.60. The van der Waals surface area contributed by atoms with Gasteiger partial charge in [0.05, 0.1) is 0 Å². The van der Waals surface area contributed by atoms with E-state index in [1.54, 1.807) is 0 Å². The summed E-state index contributed by atoms with van der Waals surface area (Å²) in [5.74, 6) is 0. The van der Waals surface area contributed by atoms with Crippen molar-refractivity contribution in [2.24, 2.45) is 0 Å². The van der Waals surface area contributed by atoms with Gasteiger partial charge in [0.25, 0.3) is 9.32 Å². The Hall–Kier alpha value is 0.690. The molecule has 0 heterocycles. The second-order valence-corrected chi connectivity index (χ2v) is 5.32. The minimum absolute atomic E-state index is 1.50. The molecule has 0 rings (SSSR count). The van der Waals surface area contributed by atoms with Crippen molar-refractivity contribution in [3.8, 4) is 0 Å². The van der Waals surface area contributed by atoms with E-state index in [-0.39, 0.29) is 0 Å². The molecular weight excluding hydrogens is 225 g/mol. The number of halogens is 3. The highest BCUT2D eigenvalue weighted by Gasteiger charge is 2.50. The fourth-order valence-electron chi connectivity index (χ4n) is 0.115. The molecule has 0 bridgehead atoms. The first-order valence-corrected chi connectivity index (χ1v) is 4.57. The van der Waals surface area contributed by atoms with Gasteiger partial charge in [0.15, 0.2) is 0 Å². The molecule has 0 aromatic rings. The third-order valence-electron chi connectivity index (χ3n) is 0.602. The van der Waals surface area contributed by atoms with E-state index in [0.29, 0.717) is 0 Å². The summed E-state index contributed by atoms with van der Waals surface area (Å²) >= 11 is 14.4. The molecular formula is C2H2Cl3O4P. The maximum atomic E-state index is 10.2. The second-order valence-electron chi connectivity index (χ2n) is 1.36. The Morgan fingerprint density at radius 3 is 1.70 bits per heavy atom. The molecule has 0 radical (unpaired) electrons. The third-order valence-corrected chi connectivity index (χ3v) is 3.81. The van der Waals surface area contributed by atoms with Crippen molar-refractivity contribution in [3.05, 3.63) is 0 Å². The van der Waals surface area contributed by atoms with E-state index in [4.69, 9.17) is 33.0 Å². The summed E-state index contributed by atoms with van der Waals surface area (Å²) in [4.78, 5) is 26.6. The lowest BCUT2D eigenvalue weighted by atomic mass is 10.9. The van der Waals surface area contributed by atoms with E-state index in [2.05, 4.69) is 11.6 Å². The van der Waals surface area contributed by atoms with Crippen molar-refractivity contribution in [2.75, 3.05) is 0 Å². The van der Waals surface area contributed by atoms with Gasteiger partial charge in [0, 0.05) is 0 Å². The standard InChI is InChI=1S/C2H2Cl3O4P/c3-1(6)2(4,5)10(7,8)9/h(H2,7,8,9). The molecule has 0 aromatic carbocycles. The fraction of sp³-hybridized carbons (Fsp3) is 0.500. The van der Waals surface area contributed by atoms with Gasteiger partial charge in [0.1, 0.15) is 0 Å². The normalized spacial score (nSPS) is 13.3. The SMILES string of the molecule is O=C(Cl)C(Cl)(Cl)P(=O)(O)O. The molecule has 0 saturated heterocycles. The lowest BCUT2D eigenvalue weighted by molar-refractivity contribution is -0.111. The highest BCUT2D eigenvalue weighted by Crippen LogP contribution is 2.57. The predicted molar refractivity (Wildman–Crippen MR) is 37.3 cm³/mol. The van der Waals surface area contributed by atoms with E-state index >= 15 is 0 Å². The molecule has 0 atom stereocenters. The summed E-state index contributed by atoms with van der Waals surface area (Å²) < 4.78 is 7.39. The number of carbonyl (C=O) groups is 1. The van der Waals surface area contributed by atoms with Crippen molar-refractivity contribution in [1.29, 1.82) is 0 Å². The minimum atomic E-state index is -4.88. The van der Waals surface area contributed by atoms with Crippen LogP contribution in [0.3, 0.4) is 0 Å². The first-order valence-electron chi connectivity index (χ1n) is 1.83. The smallest absolute Gasteiger partial charge is 0.322 e. The lowest BCUT2D eigenvalue weighted by Gasteiger charge is -2.14. The summed E-state index contributed by atoms with van der Waals surface area (Å²) in [6, 6.07) is 0. The van der Waals surface area contributed by atoms with Crippen molar-refractivity contribution >= 4 is 47.6 Å². The molecule has 0 fully saturated rings. The van der Waals surface area contributed by atoms with Crippen LogP contribution in [0.4, 0.5) is 0 Å². The zero-order chi connectivity index (χ0) is 8.58. The van der Waals surface area contributed by atoms with Crippen molar-refractivity contribution in [3.63, 3.8) is 0 Å². The third kappa shape index (κ3) is 2.09. The van der Waals surface area contributed by atoms with Crippen molar-refractivity contribution in [2.45, 2.75) is 4.07 Å². The Balaban J connectivity index is 4.75. The summed E-state index contributed by atoms with van der Waals surface area (Å²) in [5.41, 5.74) is 0. The van der Waals surface area contributed by atoms with Crippen LogP contribution < -0.4 is 0 Å². The average Bonchev–Trinajstić information content (AvgIpc) is 1.62. The minimum Gasteiger partial charge on any atom is -0.322 e. The number of carbonyl (C=O) groups excluding carboxylic acids is 1. The van der Waals surface area contributed by atoms with Gasteiger partial charge in [0.2, 0.25) is 0 Å². The van der Waals surface area contributed by atoms with Crippen LogP contribution in [-0.4, -0.2) is 19.1 Å². The first-order chi connectivity index (χ1) is 4.19. The van der Waals surface area contributed by atoms with Crippen LogP contribution in [0.15, 0.2) is 0 Å². The molecule has 4 nitrogen and oxygen atoms in total. The fourth-order valence-corrected chi connectivity index (χ4v) is 0.674. The van der Waals surface area contributed by atoms with Crippen LogP contribution in [0, 0.1) is 0 Å². The van der Waals surface area contributed by atoms with Gasteiger partial charge in [-0.15, -0.1) is 0 Å². The Kier molecular flexibility index (Phi) is 3.18. The van der Waals surface area contributed by atoms with Gasteiger partial charge in [-0.05, 0) is 11.6 Å². The van der Waals surface area contributed by atoms with E-state index in [1.165, 1.54) is 0 Å². The summed E-state index contributed by atoms with van der Waals surface area (Å²) in [6.45, 7) is 0. The Morgan fingerprint density at radius 2 is 1.70 bits per heavy atom. The first kappa shape index (κ1) is 10.7.